The summed E-state index contributed by atoms with van der Waals surface area (Å²) in [6.45, 7) is 2.61. The molecule has 100 valence electrons. The van der Waals surface area contributed by atoms with E-state index >= 15 is 0 Å². The van der Waals surface area contributed by atoms with Crippen LogP contribution in [0.3, 0.4) is 0 Å². The third-order valence-electron chi connectivity index (χ3n) is 2.48. The average Bonchev–Trinajstić information content (AvgIpc) is 2.80. The lowest BCUT2D eigenvalue weighted by atomic mass is 10.3. The van der Waals surface area contributed by atoms with Crippen LogP contribution in [0.4, 0.5) is 17.3 Å². The number of imidazole rings is 1. The van der Waals surface area contributed by atoms with Gasteiger partial charge < -0.3 is 15.6 Å². The standard InChI is InChI=1S/C11H14N6O2/c1-8(6-16-3-2-13-7-16)14-11-5-9(17(18)19)4-10(12)15-11/h2-5,7-8H,6H2,1H3,(H3,12,14,15). The number of pyridine rings is 1. The molecule has 3 N–H and O–H groups in total. The number of rotatable bonds is 5. The van der Waals surface area contributed by atoms with E-state index in [1.807, 2.05) is 17.7 Å². The molecule has 19 heavy (non-hydrogen) atoms. The zero-order valence-electron chi connectivity index (χ0n) is 10.4. The molecule has 8 nitrogen and oxygen atoms in total. The van der Waals surface area contributed by atoms with E-state index in [0.717, 1.165) is 0 Å². The second kappa shape index (κ2) is 5.34. The Kier molecular flexibility index (Phi) is 3.60. The van der Waals surface area contributed by atoms with Gasteiger partial charge in [-0.1, -0.05) is 0 Å². The first kappa shape index (κ1) is 12.8. The highest BCUT2D eigenvalue weighted by molar-refractivity contribution is 5.52. The lowest BCUT2D eigenvalue weighted by molar-refractivity contribution is -0.384. The van der Waals surface area contributed by atoms with Gasteiger partial charge in [-0.3, -0.25) is 10.1 Å². The normalized spacial score (nSPS) is 12.1. The van der Waals surface area contributed by atoms with Crippen LogP contribution in [0.5, 0.6) is 0 Å². The van der Waals surface area contributed by atoms with E-state index in [4.69, 9.17) is 5.73 Å². The summed E-state index contributed by atoms with van der Waals surface area (Å²) in [6.07, 6.45) is 5.23. The largest absolute Gasteiger partial charge is 0.383 e. The average molecular weight is 262 g/mol. The number of anilines is 2. The Bertz CT molecular complexity index is 569. The number of nitrogens with one attached hydrogen (secondary N) is 1. The molecule has 2 aromatic heterocycles. The third-order valence-corrected chi connectivity index (χ3v) is 2.48. The Morgan fingerprint density at radius 3 is 3.00 bits per heavy atom. The predicted molar refractivity (Wildman–Crippen MR) is 70.6 cm³/mol. The first-order valence-electron chi connectivity index (χ1n) is 5.69. The van der Waals surface area contributed by atoms with Crippen LogP contribution in [0, 0.1) is 10.1 Å². The molecule has 0 amide bonds. The second-order valence-electron chi connectivity index (χ2n) is 4.20. The van der Waals surface area contributed by atoms with E-state index in [-0.39, 0.29) is 17.5 Å². The Balaban J connectivity index is 2.08. The fourth-order valence-corrected chi connectivity index (χ4v) is 1.73. The van der Waals surface area contributed by atoms with Crippen LogP contribution >= 0.6 is 0 Å². The molecular weight excluding hydrogens is 248 g/mol. The molecule has 8 heteroatoms. The SMILES string of the molecule is CC(Cn1ccnc1)Nc1cc([N+](=O)[O-])cc(N)n1. The Hall–Kier alpha value is -2.64. The van der Waals surface area contributed by atoms with E-state index in [1.54, 1.807) is 12.5 Å². The number of hydrogen-bond donors (Lipinski definition) is 2. The molecule has 0 aromatic carbocycles. The van der Waals surface area contributed by atoms with Crippen LogP contribution in [0.25, 0.3) is 0 Å². The van der Waals surface area contributed by atoms with Gasteiger partial charge >= 0.3 is 0 Å². The summed E-state index contributed by atoms with van der Waals surface area (Å²) >= 11 is 0. The lowest BCUT2D eigenvalue weighted by Crippen LogP contribution is -2.22. The van der Waals surface area contributed by atoms with Crippen molar-refractivity contribution in [1.82, 2.24) is 14.5 Å². The van der Waals surface area contributed by atoms with Gasteiger partial charge in [-0.05, 0) is 6.92 Å². The van der Waals surface area contributed by atoms with Crippen LogP contribution < -0.4 is 11.1 Å². The summed E-state index contributed by atoms with van der Waals surface area (Å²) < 4.78 is 1.90. The lowest BCUT2D eigenvalue weighted by Gasteiger charge is -2.15. The number of hydrogen-bond acceptors (Lipinski definition) is 6. The molecular formula is C11H14N6O2. The van der Waals surface area contributed by atoms with Gasteiger partial charge in [-0.2, -0.15) is 0 Å². The van der Waals surface area contributed by atoms with Crippen molar-refractivity contribution in [2.45, 2.75) is 19.5 Å². The topological polar surface area (TPSA) is 112 Å². The van der Waals surface area contributed by atoms with Crippen molar-refractivity contribution < 1.29 is 4.92 Å². The minimum atomic E-state index is -0.496. The molecule has 0 saturated heterocycles. The summed E-state index contributed by atoms with van der Waals surface area (Å²) in [5.74, 6) is 0.505. The summed E-state index contributed by atoms with van der Waals surface area (Å²) in [5, 5.41) is 13.8. The Labute approximate surface area is 109 Å². The monoisotopic (exact) mass is 262 g/mol. The minimum absolute atomic E-state index is 0.0307. The number of nitrogen functional groups attached to an aromatic ring is 1. The predicted octanol–water partition coefficient (Wildman–Crippen LogP) is 1.27. The Morgan fingerprint density at radius 1 is 1.58 bits per heavy atom. The van der Waals surface area contributed by atoms with Gasteiger partial charge in [0.2, 0.25) is 0 Å². The molecule has 2 rings (SSSR count). The van der Waals surface area contributed by atoms with Crippen LogP contribution in [0.15, 0.2) is 30.9 Å². The molecule has 1 unspecified atom stereocenters. The van der Waals surface area contributed by atoms with Crippen molar-refractivity contribution >= 4 is 17.3 Å². The van der Waals surface area contributed by atoms with Gasteiger partial charge in [0, 0.05) is 25.0 Å². The molecule has 2 heterocycles. The van der Waals surface area contributed by atoms with Crippen LogP contribution in [0.2, 0.25) is 0 Å². The highest BCUT2D eigenvalue weighted by Crippen LogP contribution is 2.19. The number of nitrogens with zero attached hydrogens (tertiary/aromatic N) is 4. The molecule has 0 aliphatic heterocycles. The van der Waals surface area contributed by atoms with Gasteiger partial charge in [-0.15, -0.1) is 0 Å². The molecule has 0 fully saturated rings. The highest BCUT2D eigenvalue weighted by Gasteiger charge is 2.11. The minimum Gasteiger partial charge on any atom is -0.383 e. The van der Waals surface area contributed by atoms with Gasteiger partial charge in [0.15, 0.2) is 0 Å². The van der Waals surface area contributed by atoms with Crippen molar-refractivity contribution in [3.05, 3.63) is 41.0 Å². The molecule has 0 aliphatic rings. The fourth-order valence-electron chi connectivity index (χ4n) is 1.73. The number of nitrogens with two attached hydrogens (primary N) is 1. The molecule has 2 aromatic rings. The van der Waals surface area contributed by atoms with E-state index in [0.29, 0.717) is 12.4 Å². The van der Waals surface area contributed by atoms with Gasteiger partial charge in [0.05, 0.1) is 23.4 Å². The summed E-state index contributed by atoms with van der Waals surface area (Å²) in [4.78, 5) is 18.2. The van der Waals surface area contributed by atoms with Crippen LogP contribution in [-0.2, 0) is 6.54 Å². The van der Waals surface area contributed by atoms with Crippen molar-refractivity contribution in [2.75, 3.05) is 11.1 Å². The van der Waals surface area contributed by atoms with E-state index in [2.05, 4.69) is 15.3 Å². The van der Waals surface area contributed by atoms with Crippen LogP contribution in [-0.4, -0.2) is 25.5 Å². The summed E-state index contributed by atoms with van der Waals surface area (Å²) in [7, 11) is 0. The molecule has 0 bridgehead atoms. The van der Waals surface area contributed by atoms with Crippen molar-refractivity contribution in [1.29, 1.82) is 0 Å². The zero-order chi connectivity index (χ0) is 13.8. The van der Waals surface area contributed by atoms with E-state index in [9.17, 15) is 10.1 Å². The maximum atomic E-state index is 10.7. The zero-order valence-corrected chi connectivity index (χ0v) is 10.4. The molecule has 0 spiro atoms. The summed E-state index contributed by atoms with van der Waals surface area (Å²) in [5.41, 5.74) is 5.46. The van der Waals surface area contributed by atoms with Gasteiger partial charge in [0.1, 0.15) is 11.6 Å². The van der Waals surface area contributed by atoms with Gasteiger partial charge in [0.25, 0.3) is 5.69 Å². The van der Waals surface area contributed by atoms with Crippen molar-refractivity contribution in [3.8, 4) is 0 Å². The van der Waals surface area contributed by atoms with E-state index < -0.39 is 4.92 Å². The maximum Gasteiger partial charge on any atom is 0.276 e. The molecule has 1 atom stereocenters. The van der Waals surface area contributed by atoms with Crippen LogP contribution in [0.1, 0.15) is 6.92 Å². The first-order chi connectivity index (χ1) is 9.04. The quantitative estimate of drug-likeness (QED) is 0.619. The highest BCUT2D eigenvalue weighted by atomic mass is 16.6. The number of nitro groups is 1. The second-order valence-corrected chi connectivity index (χ2v) is 4.20. The molecule has 0 aliphatic carbocycles. The first-order valence-corrected chi connectivity index (χ1v) is 5.69. The smallest absolute Gasteiger partial charge is 0.276 e. The molecule has 0 radical (unpaired) electrons. The fraction of sp³-hybridized carbons (Fsp3) is 0.273. The van der Waals surface area contributed by atoms with E-state index in [1.165, 1.54) is 12.1 Å². The van der Waals surface area contributed by atoms with Crippen molar-refractivity contribution in [3.63, 3.8) is 0 Å². The maximum absolute atomic E-state index is 10.7. The molecule has 0 saturated carbocycles. The van der Waals surface area contributed by atoms with Crippen molar-refractivity contribution in [2.24, 2.45) is 0 Å². The Morgan fingerprint density at radius 2 is 2.37 bits per heavy atom. The summed E-state index contributed by atoms with van der Waals surface area (Å²) in [6, 6.07) is 2.62. The third kappa shape index (κ3) is 3.41. The number of aromatic nitrogens is 3. The van der Waals surface area contributed by atoms with Gasteiger partial charge in [-0.25, -0.2) is 9.97 Å².